The molecular weight excluding hydrogens is 360 g/mol. The van der Waals surface area contributed by atoms with Crippen LogP contribution in [0.3, 0.4) is 0 Å². The smallest absolute Gasteiger partial charge is 0.200 e. The fraction of sp³-hybridized carbons (Fsp3) is 0.250. The number of hydrogen-bond acceptors (Lipinski definition) is 7. The number of aliphatic imine (C=N–C) groups is 1. The summed E-state index contributed by atoms with van der Waals surface area (Å²) in [7, 11) is 3.87. The number of amidine groups is 1. The Hall–Kier alpha value is -3.39. The molecule has 0 spiro atoms. The Balaban J connectivity index is 1.94. The van der Waals surface area contributed by atoms with Crippen LogP contribution in [-0.4, -0.2) is 66.2 Å². The lowest BCUT2D eigenvalue weighted by molar-refractivity contribution is 0.0975. The molecule has 0 radical (unpaired) electrons. The molecule has 146 valence electrons. The van der Waals surface area contributed by atoms with Crippen LogP contribution in [0.5, 0.6) is 11.5 Å². The van der Waals surface area contributed by atoms with Gasteiger partial charge in [-0.3, -0.25) is 14.6 Å². The van der Waals surface area contributed by atoms with Gasteiger partial charge in [-0.25, -0.2) is 0 Å². The van der Waals surface area contributed by atoms with Crippen molar-refractivity contribution in [3.05, 3.63) is 52.6 Å². The number of nitrogens with one attached hydrogen (secondary N) is 1. The Morgan fingerprint density at radius 1 is 1.04 bits per heavy atom. The number of aromatic hydroxyl groups is 2. The number of ketones is 2. The maximum absolute atomic E-state index is 13.0. The summed E-state index contributed by atoms with van der Waals surface area (Å²) in [5, 5.41) is 23.3. The van der Waals surface area contributed by atoms with Gasteiger partial charge in [0.05, 0.1) is 29.8 Å². The number of phenolic OH excluding ortho intramolecular Hbond substituents is 2. The lowest BCUT2D eigenvalue weighted by Crippen LogP contribution is -2.27. The van der Waals surface area contributed by atoms with Gasteiger partial charge in [-0.15, -0.1) is 0 Å². The Kier molecular flexibility index (Phi) is 5.32. The van der Waals surface area contributed by atoms with E-state index in [9.17, 15) is 19.8 Å². The first kappa shape index (κ1) is 19.4. The van der Waals surface area contributed by atoms with E-state index in [0.717, 1.165) is 6.54 Å². The first-order valence-corrected chi connectivity index (χ1v) is 8.76. The van der Waals surface area contributed by atoms with Gasteiger partial charge in [-0.2, -0.15) is 0 Å². The molecule has 0 amide bonds. The van der Waals surface area contributed by atoms with Gasteiger partial charge < -0.3 is 26.2 Å². The predicted molar refractivity (Wildman–Crippen MR) is 107 cm³/mol. The van der Waals surface area contributed by atoms with Gasteiger partial charge in [-0.1, -0.05) is 12.1 Å². The Bertz CT molecular complexity index is 982. The minimum atomic E-state index is -0.538. The minimum absolute atomic E-state index is 0.0140. The van der Waals surface area contributed by atoms with Crippen molar-refractivity contribution in [1.29, 1.82) is 0 Å². The number of benzene rings is 2. The highest BCUT2D eigenvalue weighted by Gasteiger charge is 2.35. The first-order valence-electron chi connectivity index (χ1n) is 8.76. The highest BCUT2D eigenvalue weighted by molar-refractivity contribution is 6.31. The Morgan fingerprint density at radius 2 is 1.75 bits per heavy atom. The van der Waals surface area contributed by atoms with Crippen LogP contribution in [0.2, 0.25) is 0 Å². The molecule has 1 aliphatic rings. The maximum Gasteiger partial charge on any atom is 0.200 e. The molecule has 0 aromatic heterocycles. The monoisotopic (exact) mass is 382 g/mol. The molecule has 0 heterocycles. The topological polar surface area (TPSA) is 128 Å². The van der Waals surface area contributed by atoms with Crippen molar-refractivity contribution < 1.29 is 19.8 Å². The molecule has 2 aromatic carbocycles. The molecule has 0 saturated carbocycles. The van der Waals surface area contributed by atoms with E-state index in [0.29, 0.717) is 18.1 Å². The van der Waals surface area contributed by atoms with Crippen molar-refractivity contribution in [2.75, 3.05) is 39.0 Å². The third-order valence-corrected chi connectivity index (χ3v) is 4.47. The SMILES string of the molecule is CN(C)CCN=C(N)CNc1ccc(O)c2c1C(=O)c1c(O)cccc1C2=O. The number of hydrogen-bond donors (Lipinski definition) is 4. The average molecular weight is 382 g/mol. The fourth-order valence-electron chi connectivity index (χ4n) is 3.07. The largest absolute Gasteiger partial charge is 0.507 e. The standard InChI is InChI=1S/C20H22N4O4/c1-24(2)9-8-22-15(21)10-23-12-6-7-14(26)18-17(12)20(28)16-11(19(18)27)4-3-5-13(16)25/h3-7,23,25-26H,8-10H2,1-2H3,(H2,21,22). The van der Waals surface area contributed by atoms with Crippen LogP contribution in [0.4, 0.5) is 5.69 Å². The number of nitrogens with zero attached hydrogens (tertiary/aromatic N) is 2. The normalized spacial score (nSPS) is 13.5. The molecular formula is C20H22N4O4. The maximum atomic E-state index is 13.0. The van der Waals surface area contributed by atoms with Crippen molar-refractivity contribution in [3.8, 4) is 11.5 Å². The van der Waals surface area contributed by atoms with Crippen LogP contribution < -0.4 is 11.1 Å². The van der Waals surface area contributed by atoms with Crippen LogP contribution in [0, 0.1) is 0 Å². The van der Waals surface area contributed by atoms with Crippen LogP contribution in [0.1, 0.15) is 31.8 Å². The number of likely N-dealkylation sites (N-methyl/N-ethyl adjacent to an activating group) is 1. The van der Waals surface area contributed by atoms with E-state index in [-0.39, 0.29) is 40.3 Å². The van der Waals surface area contributed by atoms with E-state index in [1.807, 2.05) is 19.0 Å². The molecule has 5 N–H and O–H groups in total. The summed E-state index contributed by atoms with van der Waals surface area (Å²) in [6.07, 6.45) is 0. The number of phenols is 2. The molecule has 0 bridgehead atoms. The molecule has 0 unspecified atom stereocenters. The molecule has 0 aliphatic heterocycles. The number of fused-ring (bicyclic) bond motifs is 2. The molecule has 28 heavy (non-hydrogen) atoms. The lowest BCUT2D eigenvalue weighted by Gasteiger charge is -2.22. The summed E-state index contributed by atoms with van der Waals surface area (Å²) in [5.74, 6) is -1.28. The zero-order valence-corrected chi connectivity index (χ0v) is 15.7. The van der Waals surface area contributed by atoms with E-state index in [4.69, 9.17) is 5.73 Å². The van der Waals surface area contributed by atoms with Gasteiger partial charge >= 0.3 is 0 Å². The highest BCUT2D eigenvalue weighted by atomic mass is 16.3. The highest BCUT2D eigenvalue weighted by Crippen LogP contribution is 2.39. The van der Waals surface area contributed by atoms with Crippen molar-refractivity contribution in [3.63, 3.8) is 0 Å². The number of anilines is 1. The minimum Gasteiger partial charge on any atom is -0.507 e. The Morgan fingerprint density at radius 3 is 2.46 bits per heavy atom. The molecule has 2 aromatic rings. The zero-order chi connectivity index (χ0) is 20.4. The van der Waals surface area contributed by atoms with Gasteiger partial charge in [0.2, 0.25) is 0 Å². The number of nitrogens with two attached hydrogens (primary N) is 1. The van der Waals surface area contributed by atoms with E-state index >= 15 is 0 Å². The van der Waals surface area contributed by atoms with Crippen LogP contribution >= 0.6 is 0 Å². The predicted octanol–water partition coefficient (Wildman–Crippen LogP) is 1.20. The van der Waals surface area contributed by atoms with Crippen LogP contribution in [-0.2, 0) is 0 Å². The van der Waals surface area contributed by atoms with E-state index in [2.05, 4.69) is 10.3 Å². The molecule has 1 aliphatic carbocycles. The molecule has 8 heteroatoms. The first-order chi connectivity index (χ1) is 13.3. The van der Waals surface area contributed by atoms with Gasteiger partial charge in [0.15, 0.2) is 11.6 Å². The van der Waals surface area contributed by atoms with Crippen molar-refractivity contribution in [2.45, 2.75) is 0 Å². The summed E-state index contributed by atoms with van der Waals surface area (Å²) >= 11 is 0. The summed E-state index contributed by atoms with van der Waals surface area (Å²) < 4.78 is 0. The second-order valence-electron chi connectivity index (χ2n) is 6.77. The summed E-state index contributed by atoms with van der Waals surface area (Å²) in [5.41, 5.74) is 6.17. The van der Waals surface area contributed by atoms with E-state index in [1.165, 1.54) is 30.3 Å². The third-order valence-electron chi connectivity index (χ3n) is 4.47. The number of carbonyl (C=O) groups excluding carboxylic acids is 2. The van der Waals surface area contributed by atoms with Gasteiger partial charge in [0, 0.05) is 17.8 Å². The van der Waals surface area contributed by atoms with E-state index < -0.39 is 11.6 Å². The van der Waals surface area contributed by atoms with Crippen molar-refractivity contribution in [1.82, 2.24) is 4.90 Å². The fourth-order valence-corrected chi connectivity index (χ4v) is 3.07. The molecule has 8 nitrogen and oxygen atoms in total. The zero-order valence-electron chi connectivity index (χ0n) is 15.7. The van der Waals surface area contributed by atoms with Gasteiger partial charge in [-0.05, 0) is 32.3 Å². The molecule has 3 rings (SSSR count). The molecule has 0 fully saturated rings. The summed E-state index contributed by atoms with van der Waals surface area (Å²) in [6, 6.07) is 7.12. The lowest BCUT2D eigenvalue weighted by atomic mass is 9.82. The van der Waals surface area contributed by atoms with Gasteiger partial charge in [0.25, 0.3) is 0 Å². The molecule has 0 atom stereocenters. The Labute approximate surface area is 162 Å². The quantitative estimate of drug-likeness (QED) is 0.286. The molecule has 0 saturated heterocycles. The third kappa shape index (κ3) is 3.54. The van der Waals surface area contributed by atoms with Gasteiger partial charge in [0.1, 0.15) is 17.3 Å². The number of rotatable bonds is 6. The second-order valence-corrected chi connectivity index (χ2v) is 6.77. The summed E-state index contributed by atoms with van der Waals surface area (Å²) in [4.78, 5) is 32.0. The summed E-state index contributed by atoms with van der Waals surface area (Å²) in [6.45, 7) is 1.45. The van der Waals surface area contributed by atoms with Crippen molar-refractivity contribution in [2.24, 2.45) is 10.7 Å². The van der Waals surface area contributed by atoms with Crippen LogP contribution in [0.25, 0.3) is 0 Å². The van der Waals surface area contributed by atoms with E-state index in [1.54, 1.807) is 0 Å². The average Bonchev–Trinajstić information content (AvgIpc) is 2.64. The second kappa shape index (κ2) is 7.69. The van der Waals surface area contributed by atoms with Crippen molar-refractivity contribution >= 4 is 23.1 Å². The van der Waals surface area contributed by atoms with Crippen LogP contribution in [0.15, 0.2) is 35.3 Å². The number of carbonyl (C=O) groups is 2.